The SMILES string of the molecule is Cc1cc(OCC(O)CNC(C)C)c(C)c(C)c1OCC(O)CNC(C)C. The molecule has 0 aliphatic rings. The number of hydrogen-bond acceptors (Lipinski definition) is 6. The van der Waals surface area contributed by atoms with Crippen LogP contribution in [0.4, 0.5) is 0 Å². The minimum absolute atomic E-state index is 0.235. The van der Waals surface area contributed by atoms with Crippen LogP contribution in [0.5, 0.6) is 11.5 Å². The van der Waals surface area contributed by atoms with Crippen molar-refractivity contribution < 1.29 is 19.7 Å². The molecular weight excluding hydrogens is 344 g/mol. The van der Waals surface area contributed by atoms with E-state index in [1.54, 1.807) is 0 Å². The van der Waals surface area contributed by atoms with E-state index in [0.717, 1.165) is 28.2 Å². The van der Waals surface area contributed by atoms with Crippen LogP contribution in [-0.4, -0.2) is 60.8 Å². The van der Waals surface area contributed by atoms with Crippen molar-refractivity contribution in [1.82, 2.24) is 10.6 Å². The number of hydrogen-bond donors (Lipinski definition) is 4. The summed E-state index contributed by atoms with van der Waals surface area (Å²) in [6.45, 7) is 15.6. The normalized spacial score (nSPS) is 13.9. The van der Waals surface area contributed by atoms with Gasteiger partial charge >= 0.3 is 0 Å². The maximum atomic E-state index is 10.1. The standard InChI is InChI=1S/C21H38N2O4/c1-13(2)22-9-18(24)11-26-20-8-15(5)21(17(7)16(20)6)27-12-19(25)10-23-14(3)4/h8,13-14,18-19,22-25H,9-12H2,1-7H3. The lowest BCUT2D eigenvalue weighted by molar-refractivity contribution is 0.102. The third-order valence-corrected chi connectivity index (χ3v) is 4.35. The molecule has 2 unspecified atom stereocenters. The Morgan fingerprint density at radius 3 is 1.78 bits per heavy atom. The first kappa shape index (κ1) is 23.7. The fraction of sp³-hybridized carbons (Fsp3) is 0.714. The van der Waals surface area contributed by atoms with Crippen LogP contribution in [0.3, 0.4) is 0 Å². The van der Waals surface area contributed by atoms with Gasteiger partial charge in [0.1, 0.15) is 36.9 Å². The molecule has 0 saturated carbocycles. The van der Waals surface area contributed by atoms with Crippen LogP contribution in [0.1, 0.15) is 44.4 Å². The number of aryl methyl sites for hydroxylation is 1. The van der Waals surface area contributed by atoms with Crippen molar-refractivity contribution in [3.8, 4) is 11.5 Å². The van der Waals surface area contributed by atoms with E-state index in [-0.39, 0.29) is 13.2 Å². The van der Waals surface area contributed by atoms with Gasteiger partial charge in [0.15, 0.2) is 0 Å². The lowest BCUT2D eigenvalue weighted by atomic mass is 10.0. The third kappa shape index (κ3) is 8.47. The zero-order valence-corrected chi connectivity index (χ0v) is 17.9. The van der Waals surface area contributed by atoms with E-state index in [4.69, 9.17) is 9.47 Å². The summed E-state index contributed by atoms with van der Waals surface area (Å²) < 4.78 is 11.7. The largest absolute Gasteiger partial charge is 0.491 e. The molecule has 0 amide bonds. The van der Waals surface area contributed by atoms with Crippen LogP contribution < -0.4 is 20.1 Å². The van der Waals surface area contributed by atoms with Gasteiger partial charge in [0.25, 0.3) is 0 Å². The predicted octanol–water partition coefficient (Wildman–Crippen LogP) is 2.09. The van der Waals surface area contributed by atoms with Crippen molar-refractivity contribution >= 4 is 0 Å². The third-order valence-electron chi connectivity index (χ3n) is 4.35. The lowest BCUT2D eigenvalue weighted by Gasteiger charge is -2.21. The highest BCUT2D eigenvalue weighted by Crippen LogP contribution is 2.33. The zero-order valence-electron chi connectivity index (χ0n) is 17.9. The van der Waals surface area contributed by atoms with Crippen molar-refractivity contribution in [2.24, 2.45) is 0 Å². The number of rotatable bonds is 12. The van der Waals surface area contributed by atoms with Gasteiger partial charge in [-0.15, -0.1) is 0 Å². The molecule has 0 saturated heterocycles. The Morgan fingerprint density at radius 2 is 1.30 bits per heavy atom. The summed E-state index contributed by atoms with van der Waals surface area (Å²) in [7, 11) is 0. The monoisotopic (exact) mass is 382 g/mol. The molecule has 0 spiro atoms. The van der Waals surface area contributed by atoms with Crippen molar-refractivity contribution in [2.45, 2.75) is 72.8 Å². The fourth-order valence-corrected chi connectivity index (χ4v) is 2.62. The minimum Gasteiger partial charge on any atom is -0.491 e. The Hall–Kier alpha value is -1.34. The zero-order chi connectivity index (χ0) is 20.6. The highest BCUT2D eigenvalue weighted by molar-refractivity contribution is 5.52. The topological polar surface area (TPSA) is 83.0 Å². The van der Waals surface area contributed by atoms with Crippen LogP contribution in [-0.2, 0) is 0 Å². The maximum absolute atomic E-state index is 10.1. The Balaban J connectivity index is 2.67. The molecule has 2 atom stereocenters. The molecule has 0 aromatic heterocycles. The molecule has 0 heterocycles. The molecular formula is C21H38N2O4. The molecule has 1 rings (SSSR count). The van der Waals surface area contributed by atoms with Crippen molar-refractivity contribution in [3.05, 3.63) is 22.8 Å². The minimum atomic E-state index is -0.564. The number of nitrogens with one attached hydrogen (secondary N) is 2. The van der Waals surface area contributed by atoms with Crippen LogP contribution in [0.2, 0.25) is 0 Å². The van der Waals surface area contributed by atoms with Crippen molar-refractivity contribution in [3.63, 3.8) is 0 Å². The summed E-state index contributed by atoms with van der Waals surface area (Å²) in [5.74, 6) is 1.54. The molecule has 1 aromatic carbocycles. The molecule has 1 aromatic rings. The maximum Gasteiger partial charge on any atom is 0.125 e. The van der Waals surface area contributed by atoms with Gasteiger partial charge in [-0.25, -0.2) is 0 Å². The van der Waals surface area contributed by atoms with E-state index < -0.39 is 12.2 Å². The summed E-state index contributed by atoms with van der Waals surface area (Å²) in [4.78, 5) is 0. The van der Waals surface area contributed by atoms with Gasteiger partial charge in [0.05, 0.1) is 0 Å². The fourth-order valence-electron chi connectivity index (χ4n) is 2.62. The molecule has 0 aliphatic heterocycles. The summed E-state index contributed by atoms with van der Waals surface area (Å²) >= 11 is 0. The van der Waals surface area contributed by atoms with E-state index in [1.807, 2.05) is 54.5 Å². The van der Waals surface area contributed by atoms with Crippen LogP contribution >= 0.6 is 0 Å². The molecule has 0 bridgehead atoms. The number of aliphatic hydroxyl groups is 2. The summed E-state index contributed by atoms with van der Waals surface area (Å²) in [5, 5.41) is 26.5. The molecule has 0 fully saturated rings. The van der Waals surface area contributed by atoms with E-state index in [9.17, 15) is 10.2 Å². The number of ether oxygens (including phenoxy) is 2. The van der Waals surface area contributed by atoms with E-state index in [0.29, 0.717) is 25.2 Å². The van der Waals surface area contributed by atoms with Gasteiger partial charge in [0.2, 0.25) is 0 Å². The number of aliphatic hydroxyl groups excluding tert-OH is 2. The molecule has 156 valence electrons. The van der Waals surface area contributed by atoms with Crippen LogP contribution in [0, 0.1) is 20.8 Å². The van der Waals surface area contributed by atoms with Gasteiger partial charge in [-0.2, -0.15) is 0 Å². The number of benzene rings is 1. The van der Waals surface area contributed by atoms with Gasteiger partial charge in [-0.3, -0.25) is 0 Å². The summed E-state index contributed by atoms with van der Waals surface area (Å²) in [5.41, 5.74) is 2.92. The van der Waals surface area contributed by atoms with E-state index >= 15 is 0 Å². The highest BCUT2D eigenvalue weighted by atomic mass is 16.5. The second kappa shape index (κ2) is 11.5. The Morgan fingerprint density at radius 1 is 0.815 bits per heavy atom. The summed E-state index contributed by atoms with van der Waals surface area (Å²) in [6, 6.07) is 2.58. The van der Waals surface area contributed by atoms with Crippen LogP contribution in [0.15, 0.2) is 6.07 Å². The molecule has 4 N–H and O–H groups in total. The second-order valence-corrected chi connectivity index (χ2v) is 7.83. The lowest BCUT2D eigenvalue weighted by Crippen LogP contribution is -2.35. The smallest absolute Gasteiger partial charge is 0.125 e. The van der Waals surface area contributed by atoms with Gasteiger partial charge in [-0.05, 0) is 43.5 Å². The average Bonchev–Trinajstić information content (AvgIpc) is 2.59. The average molecular weight is 383 g/mol. The van der Waals surface area contributed by atoms with Crippen LogP contribution in [0.25, 0.3) is 0 Å². The highest BCUT2D eigenvalue weighted by Gasteiger charge is 2.15. The second-order valence-electron chi connectivity index (χ2n) is 7.83. The summed E-state index contributed by atoms with van der Waals surface area (Å²) in [6.07, 6.45) is -1.13. The first-order chi connectivity index (χ1) is 12.6. The Labute approximate surface area is 164 Å². The first-order valence-electron chi connectivity index (χ1n) is 9.81. The molecule has 6 nitrogen and oxygen atoms in total. The van der Waals surface area contributed by atoms with E-state index in [1.165, 1.54) is 0 Å². The Kier molecular flexibility index (Phi) is 10.1. The molecule has 27 heavy (non-hydrogen) atoms. The first-order valence-corrected chi connectivity index (χ1v) is 9.81. The quantitative estimate of drug-likeness (QED) is 0.443. The molecule has 0 aliphatic carbocycles. The molecule has 6 heteroatoms. The van der Waals surface area contributed by atoms with Gasteiger partial charge < -0.3 is 30.3 Å². The van der Waals surface area contributed by atoms with Crippen molar-refractivity contribution in [2.75, 3.05) is 26.3 Å². The van der Waals surface area contributed by atoms with Gasteiger partial charge in [0, 0.05) is 25.2 Å². The van der Waals surface area contributed by atoms with E-state index in [2.05, 4.69) is 10.6 Å². The predicted molar refractivity (Wildman–Crippen MR) is 110 cm³/mol. The van der Waals surface area contributed by atoms with Crippen molar-refractivity contribution in [1.29, 1.82) is 0 Å². The Bertz CT molecular complexity index is 576. The molecule has 0 radical (unpaired) electrons. The van der Waals surface area contributed by atoms with Gasteiger partial charge in [-0.1, -0.05) is 27.7 Å².